The van der Waals surface area contributed by atoms with Gasteiger partial charge in [-0.2, -0.15) is 0 Å². The van der Waals surface area contributed by atoms with Crippen molar-refractivity contribution in [2.45, 2.75) is 11.8 Å². The summed E-state index contributed by atoms with van der Waals surface area (Å²) < 4.78 is 36.2. The third-order valence-corrected chi connectivity index (χ3v) is 6.54. The zero-order valence-corrected chi connectivity index (χ0v) is 18.5. The average molecular weight is 457 g/mol. The molecule has 7 nitrogen and oxygen atoms in total. The van der Waals surface area contributed by atoms with E-state index in [0.717, 1.165) is 17.0 Å². The van der Waals surface area contributed by atoms with Crippen LogP contribution in [0.4, 0.5) is 5.69 Å². The van der Waals surface area contributed by atoms with Crippen molar-refractivity contribution >= 4 is 21.5 Å². The highest BCUT2D eigenvalue weighted by atomic mass is 32.2. The zero-order valence-electron chi connectivity index (χ0n) is 17.7. The predicted octanol–water partition coefficient (Wildman–Crippen LogP) is 5.30. The zero-order chi connectivity index (χ0) is 22.8. The summed E-state index contributed by atoms with van der Waals surface area (Å²) in [5.41, 5.74) is 2.91. The third-order valence-electron chi connectivity index (χ3n) is 5.14. The number of nitrogens with one attached hydrogen (secondary N) is 1. The fraction of sp³-hybridized carbons (Fsp3) is 0.0400. The molecule has 0 atom stereocenters. The summed E-state index contributed by atoms with van der Waals surface area (Å²) in [6, 6.07) is 24.6. The van der Waals surface area contributed by atoms with Crippen molar-refractivity contribution in [2.24, 2.45) is 0 Å². The summed E-state index contributed by atoms with van der Waals surface area (Å²) in [4.78, 5) is 9.00. The number of nitrogens with zero attached hydrogens (tertiary/aromatic N) is 3. The molecule has 5 aromatic rings. The molecule has 0 aliphatic heterocycles. The van der Waals surface area contributed by atoms with E-state index in [4.69, 9.17) is 4.74 Å². The summed E-state index contributed by atoms with van der Waals surface area (Å²) in [5.74, 6) is 1.83. The van der Waals surface area contributed by atoms with E-state index in [1.54, 1.807) is 36.5 Å². The predicted molar refractivity (Wildman–Crippen MR) is 127 cm³/mol. The molecule has 8 heteroatoms. The SMILES string of the molecule is Cc1c(-c2cccc(NS(=O)(=O)c3ccc(Oc4ccccc4)cc3)c2)nc2ncccn12. The number of sulfonamides is 1. The number of anilines is 1. The lowest BCUT2D eigenvalue weighted by molar-refractivity contribution is 0.482. The molecule has 0 unspecified atom stereocenters. The molecule has 0 amide bonds. The highest BCUT2D eigenvalue weighted by molar-refractivity contribution is 7.92. The van der Waals surface area contributed by atoms with Gasteiger partial charge in [-0.15, -0.1) is 0 Å². The molecule has 2 aromatic heterocycles. The first-order valence-corrected chi connectivity index (χ1v) is 11.7. The topological polar surface area (TPSA) is 85.6 Å². The number of aryl methyl sites for hydroxylation is 1. The van der Waals surface area contributed by atoms with Gasteiger partial charge in [0.15, 0.2) is 0 Å². The monoisotopic (exact) mass is 456 g/mol. The number of hydrogen-bond donors (Lipinski definition) is 1. The Balaban J connectivity index is 1.38. The van der Waals surface area contributed by atoms with Crippen molar-refractivity contribution < 1.29 is 13.2 Å². The highest BCUT2D eigenvalue weighted by Gasteiger charge is 2.16. The first-order chi connectivity index (χ1) is 16.0. The number of imidazole rings is 1. The number of fused-ring (bicyclic) bond motifs is 1. The average Bonchev–Trinajstić information content (AvgIpc) is 3.17. The summed E-state index contributed by atoms with van der Waals surface area (Å²) in [6.45, 7) is 1.95. The molecule has 3 aromatic carbocycles. The van der Waals surface area contributed by atoms with Gasteiger partial charge >= 0.3 is 0 Å². The summed E-state index contributed by atoms with van der Waals surface area (Å²) >= 11 is 0. The van der Waals surface area contributed by atoms with Gasteiger partial charge in [0.2, 0.25) is 5.78 Å². The minimum atomic E-state index is -3.78. The van der Waals surface area contributed by atoms with E-state index in [1.807, 2.05) is 60.0 Å². The Morgan fingerprint density at radius 1 is 0.879 bits per heavy atom. The van der Waals surface area contributed by atoms with Crippen molar-refractivity contribution in [3.8, 4) is 22.8 Å². The largest absolute Gasteiger partial charge is 0.457 e. The fourth-order valence-corrected chi connectivity index (χ4v) is 4.58. The van der Waals surface area contributed by atoms with E-state index in [0.29, 0.717) is 23.0 Å². The summed E-state index contributed by atoms with van der Waals surface area (Å²) in [7, 11) is -3.78. The number of hydrogen-bond acceptors (Lipinski definition) is 5. The molecule has 2 heterocycles. The third kappa shape index (κ3) is 4.28. The lowest BCUT2D eigenvalue weighted by Crippen LogP contribution is -2.12. The summed E-state index contributed by atoms with van der Waals surface area (Å²) in [5, 5.41) is 0. The number of benzene rings is 3. The number of aromatic nitrogens is 3. The van der Waals surface area contributed by atoms with Crippen molar-refractivity contribution in [3.05, 3.63) is 103 Å². The maximum absolute atomic E-state index is 12.9. The van der Waals surface area contributed by atoms with Crippen molar-refractivity contribution in [1.29, 1.82) is 0 Å². The van der Waals surface area contributed by atoms with E-state index in [2.05, 4.69) is 14.7 Å². The smallest absolute Gasteiger partial charge is 0.261 e. The van der Waals surface area contributed by atoms with Crippen LogP contribution in [0.3, 0.4) is 0 Å². The lowest BCUT2D eigenvalue weighted by Gasteiger charge is -2.10. The maximum Gasteiger partial charge on any atom is 0.261 e. The molecular formula is C25H20N4O3S. The lowest BCUT2D eigenvalue weighted by atomic mass is 10.1. The van der Waals surface area contributed by atoms with Gasteiger partial charge < -0.3 is 4.74 Å². The molecule has 0 bridgehead atoms. The van der Waals surface area contributed by atoms with Gasteiger partial charge in [0.1, 0.15) is 11.5 Å². The van der Waals surface area contributed by atoms with Crippen LogP contribution in [0, 0.1) is 6.92 Å². The molecule has 0 saturated heterocycles. The molecular weight excluding hydrogens is 436 g/mol. The second kappa shape index (κ2) is 8.40. The molecule has 1 N–H and O–H groups in total. The minimum absolute atomic E-state index is 0.140. The first-order valence-electron chi connectivity index (χ1n) is 10.3. The van der Waals surface area contributed by atoms with Crippen molar-refractivity contribution in [3.63, 3.8) is 0 Å². The van der Waals surface area contributed by atoms with Crippen molar-refractivity contribution in [2.75, 3.05) is 4.72 Å². The fourth-order valence-electron chi connectivity index (χ4n) is 3.53. The van der Waals surface area contributed by atoms with E-state index < -0.39 is 10.0 Å². The minimum Gasteiger partial charge on any atom is -0.457 e. The van der Waals surface area contributed by atoms with E-state index in [-0.39, 0.29) is 4.90 Å². The van der Waals surface area contributed by atoms with Crippen LogP contribution in [0.25, 0.3) is 17.0 Å². The highest BCUT2D eigenvalue weighted by Crippen LogP contribution is 2.28. The Kier molecular flexibility index (Phi) is 5.27. The molecule has 5 rings (SSSR count). The number of rotatable bonds is 6. The molecule has 0 spiro atoms. The van der Waals surface area contributed by atoms with Crippen LogP contribution in [0.15, 0.2) is 102 Å². The van der Waals surface area contributed by atoms with E-state index >= 15 is 0 Å². The van der Waals surface area contributed by atoms with Crippen LogP contribution >= 0.6 is 0 Å². The standard InChI is InChI=1S/C25H20N4O3S/c1-18-24(27-25-26-15-6-16-29(18)25)19-7-5-8-20(17-19)28-33(30,31)23-13-11-22(12-14-23)32-21-9-3-2-4-10-21/h2-17,28H,1H3. The molecule has 0 radical (unpaired) electrons. The first kappa shape index (κ1) is 20.7. The van der Waals surface area contributed by atoms with E-state index in [1.165, 1.54) is 12.1 Å². The Hall–Kier alpha value is -4.17. The van der Waals surface area contributed by atoms with Gasteiger partial charge in [-0.25, -0.2) is 18.4 Å². The second-order valence-electron chi connectivity index (χ2n) is 7.41. The molecule has 0 aliphatic rings. The Morgan fingerprint density at radius 3 is 2.39 bits per heavy atom. The van der Waals surface area contributed by atoms with Gasteiger partial charge in [0.05, 0.1) is 10.6 Å². The van der Waals surface area contributed by atoms with Crippen LogP contribution in [0.1, 0.15) is 5.69 Å². The number of para-hydroxylation sites is 1. The van der Waals surface area contributed by atoms with Gasteiger partial charge in [0, 0.05) is 29.3 Å². The van der Waals surface area contributed by atoms with Gasteiger partial charge in [-0.05, 0) is 61.5 Å². The quantitative estimate of drug-likeness (QED) is 0.375. The van der Waals surface area contributed by atoms with Crippen molar-refractivity contribution in [1.82, 2.24) is 14.4 Å². The van der Waals surface area contributed by atoms with Crippen LogP contribution < -0.4 is 9.46 Å². The molecule has 33 heavy (non-hydrogen) atoms. The molecule has 0 fully saturated rings. The summed E-state index contributed by atoms with van der Waals surface area (Å²) in [6.07, 6.45) is 3.58. The van der Waals surface area contributed by atoms with Crippen LogP contribution in [0.2, 0.25) is 0 Å². The molecule has 164 valence electrons. The van der Waals surface area contributed by atoms with Gasteiger partial charge in [0.25, 0.3) is 10.0 Å². The Morgan fingerprint density at radius 2 is 1.64 bits per heavy atom. The second-order valence-corrected chi connectivity index (χ2v) is 9.09. The Labute approximate surface area is 191 Å². The van der Waals surface area contributed by atoms with E-state index in [9.17, 15) is 8.42 Å². The normalized spacial score (nSPS) is 11.4. The molecule has 0 saturated carbocycles. The molecule has 0 aliphatic carbocycles. The maximum atomic E-state index is 12.9. The van der Waals surface area contributed by atoms with Crippen LogP contribution in [-0.2, 0) is 10.0 Å². The number of ether oxygens (including phenoxy) is 1. The van der Waals surface area contributed by atoms with Gasteiger partial charge in [-0.3, -0.25) is 9.12 Å². The Bertz CT molecular complexity index is 1530. The van der Waals surface area contributed by atoms with Crippen LogP contribution in [0.5, 0.6) is 11.5 Å². The van der Waals surface area contributed by atoms with Gasteiger partial charge in [-0.1, -0.05) is 30.3 Å². The van der Waals surface area contributed by atoms with Crippen LogP contribution in [-0.4, -0.2) is 22.8 Å².